The third kappa shape index (κ3) is 4.14. The molecule has 9 nitrogen and oxygen atoms in total. The molecule has 11 heteroatoms. The lowest BCUT2D eigenvalue weighted by molar-refractivity contribution is -0.133. The molecule has 1 atom stereocenters. The van der Waals surface area contributed by atoms with E-state index in [0.717, 1.165) is 4.31 Å². The summed E-state index contributed by atoms with van der Waals surface area (Å²) in [6.45, 7) is 0.735. The van der Waals surface area contributed by atoms with E-state index in [0.29, 0.717) is 4.90 Å². The first-order valence-electron chi connectivity index (χ1n) is 9.18. The van der Waals surface area contributed by atoms with Crippen molar-refractivity contribution in [2.24, 2.45) is 0 Å². The maximum Gasteiger partial charge on any atom is 0.325 e. The van der Waals surface area contributed by atoms with E-state index >= 15 is 0 Å². The van der Waals surface area contributed by atoms with Gasteiger partial charge < -0.3 is 10.6 Å². The highest BCUT2D eigenvalue weighted by molar-refractivity contribution is 7.89. The van der Waals surface area contributed by atoms with E-state index in [1.165, 1.54) is 69.6 Å². The minimum absolute atomic E-state index is 0.0159. The first kappa shape index (κ1) is 22.4. The number of carbonyl (C=O) groups excluding carboxylic acids is 3. The van der Waals surface area contributed by atoms with Crippen LogP contribution < -0.4 is 10.6 Å². The molecular formula is C20H21FN4O5S. The van der Waals surface area contributed by atoms with Crippen molar-refractivity contribution in [1.29, 1.82) is 0 Å². The summed E-state index contributed by atoms with van der Waals surface area (Å²) in [5, 5.41) is 4.90. The molecule has 1 saturated heterocycles. The van der Waals surface area contributed by atoms with Crippen LogP contribution in [0, 0.1) is 5.82 Å². The summed E-state index contributed by atoms with van der Waals surface area (Å²) in [6.07, 6.45) is 0. The van der Waals surface area contributed by atoms with Crippen LogP contribution in [0.3, 0.4) is 0 Å². The van der Waals surface area contributed by atoms with Crippen LogP contribution in [0.4, 0.5) is 14.9 Å². The van der Waals surface area contributed by atoms with Crippen molar-refractivity contribution >= 4 is 33.6 Å². The highest BCUT2D eigenvalue weighted by Gasteiger charge is 2.50. The molecule has 3 rings (SSSR count). The number of hydrogen-bond acceptors (Lipinski definition) is 5. The molecule has 4 amide bonds. The normalized spacial score (nSPS) is 18.9. The Labute approximate surface area is 178 Å². The summed E-state index contributed by atoms with van der Waals surface area (Å²) in [6, 6.07) is 10.3. The predicted molar refractivity (Wildman–Crippen MR) is 110 cm³/mol. The van der Waals surface area contributed by atoms with Crippen molar-refractivity contribution in [3.63, 3.8) is 0 Å². The van der Waals surface area contributed by atoms with Crippen molar-refractivity contribution in [3.8, 4) is 0 Å². The minimum atomic E-state index is -3.71. The number of benzene rings is 2. The van der Waals surface area contributed by atoms with E-state index in [2.05, 4.69) is 10.6 Å². The predicted octanol–water partition coefficient (Wildman–Crippen LogP) is 1.48. The lowest BCUT2D eigenvalue weighted by Crippen LogP contribution is -2.42. The smallest absolute Gasteiger partial charge is 0.324 e. The van der Waals surface area contributed by atoms with Crippen molar-refractivity contribution in [2.75, 3.05) is 26.0 Å². The summed E-state index contributed by atoms with van der Waals surface area (Å²) < 4.78 is 39.7. The molecule has 1 heterocycles. The zero-order chi connectivity index (χ0) is 23.0. The zero-order valence-corrected chi connectivity index (χ0v) is 17.9. The molecule has 31 heavy (non-hydrogen) atoms. The molecule has 0 saturated carbocycles. The molecule has 0 radical (unpaired) electrons. The number of imide groups is 1. The summed E-state index contributed by atoms with van der Waals surface area (Å²) >= 11 is 0. The topological polar surface area (TPSA) is 116 Å². The van der Waals surface area contributed by atoms with Crippen molar-refractivity contribution in [2.45, 2.75) is 17.4 Å². The van der Waals surface area contributed by atoms with E-state index in [1.807, 2.05) is 0 Å². The summed E-state index contributed by atoms with van der Waals surface area (Å²) in [7, 11) is -0.948. The maximum atomic E-state index is 14.2. The first-order chi connectivity index (χ1) is 14.5. The molecule has 1 unspecified atom stereocenters. The van der Waals surface area contributed by atoms with Gasteiger partial charge in [0.25, 0.3) is 5.91 Å². The van der Waals surface area contributed by atoms with Gasteiger partial charge in [-0.05, 0) is 31.2 Å². The zero-order valence-electron chi connectivity index (χ0n) is 17.0. The number of carbonyl (C=O) groups is 3. The molecule has 0 spiro atoms. The van der Waals surface area contributed by atoms with E-state index in [1.54, 1.807) is 0 Å². The van der Waals surface area contributed by atoms with E-state index in [9.17, 15) is 27.2 Å². The standard InChI is InChI=1S/C20H21FN4O5S/c1-20(15-9-4-5-10-16(15)21)18(27)25(19(28)23-20)12-17(26)22-13-7-6-8-14(11-13)31(29,30)24(2)3/h4-11H,12H2,1-3H3,(H,22,26)(H,23,28). The van der Waals surface area contributed by atoms with Crippen LogP contribution in [0.2, 0.25) is 0 Å². The fourth-order valence-corrected chi connectivity index (χ4v) is 4.13. The molecule has 1 aliphatic heterocycles. The van der Waals surface area contributed by atoms with E-state index in [4.69, 9.17) is 0 Å². The molecule has 0 bridgehead atoms. The molecule has 164 valence electrons. The lowest BCUT2D eigenvalue weighted by atomic mass is 9.91. The van der Waals surface area contributed by atoms with Crippen LogP contribution in [0.15, 0.2) is 53.4 Å². The van der Waals surface area contributed by atoms with Gasteiger partial charge >= 0.3 is 6.03 Å². The van der Waals surface area contributed by atoms with Gasteiger partial charge in [-0.2, -0.15) is 0 Å². The third-order valence-electron chi connectivity index (χ3n) is 4.89. The fraction of sp³-hybridized carbons (Fsp3) is 0.250. The Morgan fingerprint density at radius 2 is 1.84 bits per heavy atom. The molecule has 0 aromatic heterocycles. The van der Waals surface area contributed by atoms with Crippen molar-refractivity contribution in [1.82, 2.24) is 14.5 Å². The van der Waals surface area contributed by atoms with Gasteiger partial charge in [-0.3, -0.25) is 14.5 Å². The highest BCUT2D eigenvalue weighted by atomic mass is 32.2. The van der Waals surface area contributed by atoms with Crippen LogP contribution in [-0.4, -0.2) is 56.1 Å². The first-order valence-corrected chi connectivity index (χ1v) is 10.6. The Bertz CT molecular complexity index is 1170. The average Bonchev–Trinajstić information content (AvgIpc) is 2.92. The quantitative estimate of drug-likeness (QED) is 0.650. The van der Waals surface area contributed by atoms with Crippen LogP contribution in [-0.2, 0) is 25.2 Å². The number of sulfonamides is 1. The van der Waals surface area contributed by atoms with Gasteiger partial charge in [0.05, 0.1) is 4.90 Å². The lowest BCUT2D eigenvalue weighted by Gasteiger charge is -2.22. The molecule has 1 aliphatic rings. The van der Waals surface area contributed by atoms with Gasteiger partial charge in [-0.1, -0.05) is 24.3 Å². The van der Waals surface area contributed by atoms with Crippen LogP contribution in [0.1, 0.15) is 12.5 Å². The van der Waals surface area contributed by atoms with Gasteiger partial charge in [0.2, 0.25) is 15.9 Å². The largest absolute Gasteiger partial charge is 0.325 e. The number of nitrogens with one attached hydrogen (secondary N) is 2. The number of halogens is 1. The Morgan fingerprint density at radius 3 is 2.48 bits per heavy atom. The number of amides is 4. The molecule has 0 aliphatic carbocycles. The molecule has 2 N–H and O–H groups in total. The second-order valence-corrected chi connectivity index (χ2v) is 9.44. The number of nitrogens with zero attached hydrogens (tertiary/aromatic N) is 2. The monoisotopic (exact) mass is 448 g/mol. The molecule has 2 aromatic carbocycles. The average molecular weight is 448 g/mol. The molecular weight excluding hydrogens is 427 g/mol. The highest BCUT2D eigenvalue weighted by Crippen LogP contribution is 2.30. The summed E-state index contributed by atoms with van der Waals surface area (Å²) in [4.78, 5) is 38.3. The van der Waals surface area contributed by atoms with Gasteiger partial charge in [-0.15, -0.1) is 0 Å². The number of anilines is 1. The number of urea groups is 1. The summed E-state index contributed by atoms with van der Waals surface area (Å²) in [5.74, 6) is -2.16. The van der Waals surface area contributed by atoms with Gasteiger partial charge in [0.15, 0.2) is 0 Å². The van der Waals surface area contributed by atoms with Gasteiger partial charge in [0, 0.05) is 25.3 Å². The Morgan fingerprint density at radius 1 is 1.16 bits per heavy atom. The van der Waals surface area contributed by atoms with E-state index in [-0.39, 0.29) is 16.1 Å². The second-order valence-electron chi connectivity index (χ2n) is 7.29. The Balaban J connectivity index is 1.77. The van der Waals surface area contributed by atoms with E-state index < -0.39 is 45.8 Å². The summed E-state index contributed by atoms with van der Waals surface area (Å²) in [5.41, 5.74) is -1.49. The van der Waals surface area contributed by atoms with Gasteiger partial charge in [0.1, 0.15) is 17.9 Å². The SMILES string of the molecule is CN(C)S(=O)(=O)c1cccc(NC(=O)CN2C(=O)NC(C)(c3ccccc3F)C2=O)c1. The third-order valence-corrected chi connectivity index (χ3v) is 6.70. The Hall–Kier alpha value is -3.31. The molecule has 1 fully saturated rings. The fourth-order valence-electron chi connectivity index (χ4n) is 3.18. The Kier molecular flexibility index (Phi) is 5.83. The van der Waals surface area contributed by atoms with Crippen molar-refractivity contribution in [3.05, 3.63) is 59.9 Å². The van der Waals surface area contributed by atoms with Crippen molar-refractivity contribution < 1.29 is 27.2 Å². The van der Waals surface area contributed by atoms with Crippen LogP contribution >= 0.6 is 0 Å². The number of rotatable bonds is 6. The van der Waals surface area contributed by atoms with Gasteiger partial charge in [-0.25, -0.2) is 21.9 Å². The van der Waals surface area contributed by atoms with Crippen LogP contribution in [0.25, 0.3) is 0 Å². The van der Waals surface area contributed by atoms with Crippen LogP contribution in [0.5, 0.6) is 0 Å². The maximum absolute atomic E-state index is 14.2. The number of hydrogen-bond donors (Lipinski definition) is 2. The minimum Gasteiger partial charge on any atom is -0.324 e. The molecule has 2 aromatic rings. The second kappa shape index (κ2) is 8.08.